The third kappa shape index (κ3) is 4.80. The zero-order valence-electron chi connectivity index (χ0n) is 15.1. The zero-order valence-corrected chi connectivity index (χ0v) is 15.1. The second-order valence-corrected chi connectivity index (χ2v) is 6.40. The molecule has 0 amide bonds. The van der Waals surface area contributed by atoms with E-state index in [4.69, 9.17) is 0 Å². The molecule has 5 nitrogen and oxygen atoms in total. The number of aryl methyl sites for hydroxylation is 1. The normalized spacial score (nSPS) is 11.8. The number of hydrogen-bond donors (Lipinski definition) is 3. The average molecular weight is 348 g/mol. The van der Waals surface area contributed by atoms with Gasteiger partial charge in [-0.3, -0.25) is 0 Å². The highest BCUT2D eigenvalue weighted by Gasteiger charge is 2.09. The van der Waals surface area contributed by atoms with E-state index in [-0.39, 0.29) is 12.6 Å². The maximum Gasteiger partial charge on any atom is 0.225 e. The van der Waals surface area contributed by atoms with E-state index in [1.807, 2.05) is 43.3 Å². The standard InChI is InChI=1S/C21H24N4O/c1-15-7-6-8-17(11-15)13-22-20-12-19(18-9-4-3-5-10-18)24-21(25-20)23-16(2)14-26/h3-12,16,26H,13-14H2,1-2H3,(H2,22,23,24,25)/t16-/m1/s1. The molecule has 26 heavy (non-hydrogen) atoms. The number of hydrogen-bond acceptors (Lipinski definition) is 5. The minimum Gasteiger partial charge on any atom is -0.394 e. The Morgan fingerprint density at radius 2 is 1.81 bits per heavy atom. The summed E-state index contributed by atoms with van der Waals surface area (Å²) in [5.41, 5.74) is 4.28. The second kappa shape index (κ2) is 8.45. The van der Waals surface area contributed by atoms with Crippen LogP contribution < -0.4 is 10.6 Å². The van der Waals surface area contributed by atoms with Crippen LogP contribution >= 0.6 is 0 Å². The van der Waals surface area contributed by atoms with E-state index in [2.05, 4.69) is 51.8 Å². The van der Waals surface area contributed by atoms with Gasteiger partial charge in [0.1, 0.15) is 5.82 Å². The summed E-state index contributed by atoms with van der Waals surface area (Å²) in [5.74, 6) is 1.24. The van der Waals surface area contributed by atoms with E-state index in [0.717, 1.165) is 17.1 Å². The van der Waals surface area contributed by atoms with E-state index in [1.54, 1.807) is 0 Å². The van der Waals surface area contributed by atoms with Crippen LogP contribution in [0.5, 0.6) is 0 Å². The molecule has 1 heterocycles. The van der Waals surface area contributed by atoms with Gasteiger partial charge in [-0.15, -0.1) is 0 Å². The van der Waals surface area contributed by atoms with Crippen molar-refractivity contribution in [3.63, 3.8) is 0 Å². The Morgan fingerprint density at radius 3 is 2.54 bits per heavy atom. The van der Waals surface area contributed by atoms with Gasteiger partial charge >= 0.3 is 0 Å². The molecular formula is C21H24N4O. The number of aliphatic hydroxyl groups is 1. The lowest BCUT2D eigenvalue weighted by atomic mass is 10.1. The van der Waals surface area contributed by atoms with Crippen LogP contribution in [0.3, 0.4) is 0 Å². The van der Waals surface area contributed by atoms with Crippen molar-refractivity contribution in [3.8, 4) is 11.3 Å². The fourth-order valence-electron chi connectivity index (χ4n) is 2.64. The van der Waals surface area contributed by atoms with Crippen LogP contribution in [0.2, 0.25) is 0 Å². The van der Waals surface area contributed by atoms with Gasteiger partial charge in [-0.1, -0.05) is 60.2 Å². The van der Waals surface area contributed by atoms with Crippen LogP contribution in [0, 0.1) is 6.92 Å². The summed E-state index contributed by atoms with van der Waals surface area (Å²) in [5, 5.41) is 15.8. The number of rotatable bonds is 7. The SMILES string of the molecule is Cc1cccc(CNc2cc(-c3ccccc3)nc(N[C@H](C)CO)n2)c1. The number of anilines is 2. The second-order valence-electron chi connectivity index (χ2n) is 6.40. The molecule has 0 saturated heterocycles. The van der Waals surface area contributed by atoms with Crippen molar-refractivity contribution in [2.24, 2.45) is 0 Å². The number of nitrogens with zero attached hydrogens (tertiary/aromatic N) is 2. The average Bonchev–Trinajstić information content (AvgIpc) is 2.67. The van der Waals surface area contributed by atoms with Crippen molar-refractivity contribution in [1.29, 1.82) is 0 Å². The molecule has 0 spiro atoms. The van der Waals surface area contributed by atoms with Gasteiger partial charge in [-0.2, -0.15) is 4.98 Å². The first-order valence-electron chi connectivity index (χ1n) is 8.75. The summed E-state index contributed by atoms with van der Waals surface area (Å²) in [7, 11) is 0. The number of nitrogens with one attached hydrogen (secondary N) is 2. The van der Waals surface area contributed by atoms with Gasteiger partial charge in [0.15, 0.2) is 0 Å². The van der Waals surface area contributed by atoms with Gasteiger partial charge in [0.05, 0.1) is 12.3 Å². The maximum atomic E-state index is 9.30. The minimum atomic E-state index is -0.120. The zero-order chi connectivity index (χ0) is 18.4. The Labute approximate surface area is 154 Å². The topological polar surface area (TPSA) is 70.1 Å². The number of benzene rings is 2. The van der Waals surface area contributed by atoms with Crippen molar-refractivity contribution >= 4 is 11.8 Å². The first kappa shape index (κ1) is 17.9. The van der Waals surface area contributed by atoms with Gasteiger partial charge in [-0.25, -0.2) is 4.98 Å². The lowest BCUT2D eigenvalue weighted by Crippen LogP contribution is -2.21. The Hall–Kier alpha value is -2.92. The first-order chi connectivity index (χ1) is 12.6. The molecule has 0 saturated carbocycles. The van der Waals surface area contributed by atoms with E-state index in [0.29, 0.717) is 12.5 Å². The smallest absolute Gasteiger partial charge is 0.225 e. The van der Waals surface area contributed by atoms with Crippen molar-refractivity contribution in [2.45, 2.75) is 26.4 Å². The van der Waals surface area contributed by atoms with Crippen molar-refractivity contribution in [2.75, 3.05) is 17.2 Å². The molecule has 3 aromatic rings. The van der Waals surface area contributed by atoms with Gasteiger partial charge < -0.3 is 15.7 Å². The van der Waals surface area contributed by atoms with Gasteiger partial charge in [0, 0.05) is 24.2 Å². The van der Waals surface area contributed by atoms with E-state index in [9.17, 15) is 5.11 Å². The molecule has 1 atom stereocenters. The molecule has 3 rings (SSSR count). The molecule has 0 aliphatic carbocycles. The molecule has 134 valence electrons. The van der Waals surface area contributed by atoms with Crippen LogP contribution in [0.4, 0.5) is 11.8 Å². The summed E-state index contributed by atoms with van der Waals surface area (Å²) in [6.07, 6.45) is 0. The minimum absolute atomic E-state index is 0.0188. The molecule has 0 aliphatic heterocycles. The van der Waals surface area contributed by atoms with Gasteiger partial charge in [0.25, 0.3) is 0 Å². The van der Waals surface area contributed by atoms with Gasteiger partial charge in [0.2, 0.25) is 5.95 Å². The van der Waals surface area contributed by atoms with E-state index < -0.39 is 0 Å². The molecular weight excluding hydrogens is 324 g/mol. The first-order valence-corrected chi connectivity index (χ1v) is 8.75. The summed E-state index contributed by atoms with van der Waals surface area (Å²) in [4.78, 5) is 9.13. The molecule has 0 aliphatic rings. The molecule has 0 bridgehead atoms. The van der Waals surface area contributed by atoms with Crippen molar-refractivity contribution in [3.05, 3.63) is 71.8 Å². The summed E-state index contributed by atoms with van der Waals surface area (Å²) >= 11 is 0. The van der Waals surface area contributed by atoms with Crippen LogP contribution in [0.25, 0.3) is 11.3 Å². The van der Waals surface area contributed by atoms with Crippen molar-refractivity contribution < 1.29 is 5.11 Å². The van der Waals surface area contributed by atoms with Crippen LogP contribution in [-0.4, -0.2) is 27.7 Å². The van der Waals surface area contributed by atoms with Crippen LogP contribution in [0.1, 0.15) is 18.1 Å². The third-order valence-electron chi connectivity index (χ3n) is 4.00. The molecule has 3 N–H and O–H groups in total. The summed E-state index contributed by atoms with van der Waals surface area (Å²) < 4.78 is 0. The number of aliphatic hydroxyl groups excluding tert-OH is 1. The Kier molecular flexibility index (Phi) is 5.81. The molecule has 0 radical (unpaired) electrons. The predicted molar refractivity (Wildman–Crippen MR) is 106 cm³/mol. The quantitative estimate of drug-likeness (QED) is 0.605. The molecule has 1 aromatic heterocycles. The lowest BCUT2D eigenvalue weighted by molar-refractivity contribution is 0.281. The molecule has 5 heteroatoms. The largest absolute Gasteiger partial charge is 0.394 e. The number of aromatic nitrogens is 2. The Balaban J connectivity index is 1.86. The Morgan fingerprint density at radius 1 is 1.00 bits per heavy atom. The fraction of sp³-hybridized carbons (Fsp3) is 0.238. The van der Waals surface area contributed by atoms with Crippen molar-refractivity contribution in [1.82, 2.24) is 9.97 Å². The highest BCUT2D eigenvalue weighted by molar-refractivity contribution is 5.64. The van der Waals surface area contributed by atoms with Crippen LogP contribution in [0.15, 0.2) is 60.7 Å². The highest BCUT2D eigenvalue weighted by Crippen LogP contribution is 2.22. The van der Waals surface area contributed by atoms with E-state index in [1.165, 1.54) is 11.1 Å². The molecule has 0 fully saturated rings. The lowest BCUT2D eigenvalue weighted by Gasteiger charge is -2.14. The Bertz CT molecular complexity index is 852. The van der Waals surface area contributed by atoms with Gasteiger partial charge in [-0.05, 0) is 19.4 Å². The highest BCUT2D eigenvalue weighted by atomic mass is 16.3. The maximum absolute atomic E-state index is 9.30. The fourth-order valence-corrected chi connectivity index (χ4v) is 2.64. The van der Waals surface area contributed by atoms with E-state index >= 15 is 0 Å². The predicted octanol–water partition coefficient (Wildman–Crippen LogP) is 3.86. The molecule has 0 unspecified atom stereocenters. The summed E-state index contributed by atoms with van der Waals surface area (Å²) in [6.45, 7) is 4.67. The van der Waals surface area contributed by atoms with Crippen LogP contribution in [-0.2, 0) is 6.54 Å². The molecule has 2 aromatic carbocycles. The third-order valence-corrected chi connectivity index (χ3v) is 4.00. The summed E-state index contributed by atoms with van der Waals surface area (Å²) in [6, 6.07) is 20.2. The monoisotopic (exact) mass is 348 g/mol.